The summed E-state index contributed by atoms with van der Waals surface area (Å²) in [5, 5.41) is 10.5. The number of H-pyrrole nitrogens is 1. The highest BCUT2D eigenvalue weighted by molar-refractivity contribution is 7.98. The topological polar surface area (TPSA) is 76.7 Å². The van der Waals surface area contributed by atoms with Crippen LogP contribution in [-0.2, 0) is 5.75 Å². The van der Waals surface area contributed by atoms with Crippen LogP contribution in [0.1, 0.15) is 5.56 Å². The standard InChI is InChI=1S/C22H16N4O2S/c27-20-13-15(17-9-4-5-10-18(17)23-20)14-29-22-25-24-21(19-11-6-12-28-19)26(22)16-7-2-1-3-8-16/h1-13H,14H2,(H,23,27). The van der Waals surface area contributed by atoms with Gasteiger partial charge in [0.2, 0.25) is 11.4 Å². The summed E-state index contributed by atoms with van der Waals surface area (Å²) < 4.78 is 7.52. The van der Waals surface area contributed by atoms with Crippen molar-refractivity contribution in [2.75, 3.05) is 0 Å². The molecule has 1 N–H and O–H groups in total. The Bertz CT molecular complexity index is 1320. The summed E-state index contributed by atoms with van der Waals surface area (Å²) >= 11 is 1.53. The van der Waals surface area contributed by atoms with Crippen LogP contribution >= 0.6 is 11.8 Å². The van der Waals surface area contributed by atoms with Crippen LogP contribution in [0.2, 0.25) is 0 Å². The van der Waals surface area contributed by atoms with Crippen molar-refractivity contribution in [3.8, 4) is 17.3 Å². The van der Waals surface area contributed by atoms with Crippen molar-refractivity contribution in [1.82, 2.24) is 19.7 Å². The molecule has 0 saturated carbocycles. The Morgan fingerprint density at radius 1 is 0.966 bits per heavy atom. The van der Waals surface area contributed by atoms with Crippen LogP contribution < -0.4 is 5.56 Å². The van der Waals surface area contributed by atoms with E-state index in [1.165, 1.54) is 11.8 Å². The lowest BCUT2D eigenvalue weighted by Crippen LogP contribution is -2.06. The van der Waals surface area contributed by atoms with E-state index in [0.29, 0.717) is 17.3 Å². The molecule has 0 aliphatic rings. The number of hydrogen-bond acceptors (Lipinski definition) is 5. The maximum absolute atomic E-state index is 12.1. The molecule has 29 heavy (non-hydrogen) atoms. The normalized spacial score (nSPS) is 11.2. The first-order valence-electron chi connectivity index (χ1n) is 9.08. The van der Waals surface area contributed by atoms with Gasteiger partial charge in [-0.1, -0.05) is 48.2 Å². The number of para-hydroxylation sites is 2. The zero-order valence-corrected chi connectivity index (χ0v) is 16.1. The summed E-state index contributed by atoms with van der Waals surface area (Å²) in [6.45, 7) is 0. The lowest BCUT2D eigenvalue weighted by Gasteiger charge is -2.10. The monoisotopic (exact) mass is 400 g/mol. The van der Waals surface area contributed by atoms with Crippen LogP contribution in [0.3, 0.4) is 0 Å². The predicted molar refractivity (Wildman–Crippen MR) is 113 cm³/mol. The minimum atomic E-state index is -0.111. The van der Waals surface area contributed by atoms with Gasteiger partial charge in [0.05, 0.1) is 6.26 Å². The van der Waals surface area contributed by atoms with E-state index in [1.54, 1.807) is 12.3 Å². The highest BCUT2D eigenvalue weighted by Crippen LogP contribution is 2.30. The molecule has 2 aromatic carbocycles. The fraction of sp³-hybridized carbons (Fsp3) is 0.0455. The molecule has 0 spiro atoms. The van der Waals surface area contributed by atoms with E-state index in [9.17, 15) is 4.79 Å². The molecular formula is C22H16N4O2S. The Morgan fingerprint density at radius 2 is 1.79 bits per heavy atom. The number of nitrogens with one attached hydrogen (secondary N) is 1. The number of aromatic nitrogens is 4. The highest BCUT2D eigenvalue weighted by Gasteiger charge is 2.18. The van der Waals surface area contributed by atoms with Crippen molar-refractivity contribution in [1.29, 1.82) is 0 Å². The Morgan fingerprint density at radius 3 is 2.62 bits per heavy atom. The molecule has 0 aliphatic heterocycles. The van der Waals surface area contributed by atoms with Gasteiger partial charge in [0.1, 0.15) is 0 Å². The molecule has 5 rings (SSSR count). The highest BCUT2D eigenvalue weighted by atomic mass is 32.2. The van der Waals surface area contributed by atoms with Gasteiger partial charge in [0.15, 0.2) is 10.9 Å². The number of fused-ring (bicyclic) bond motifs is 1. The van der Waals surface area contributed by atoms with Crippen LogP contribution in [0.25, 0.3) is 28.2 Å². The fourth-order valence-corrected chi connectivity index (χ4v) is 4.22. The second kappa shape index (κ2) is 7.44. The summed E-state index contributed by atoms with van der Waals surface area (Å²) in [5.41, 5.74) is 2.62. The van der Waals surface area contributed by atoms with Crippen LogP contribution in [0.4, 0.5) is 0 Å². The van der Waals surface area contributed by atoms with Gasteiger partial charge >= 0.3 is 0 Å². The summed E-state index contributed by atoms with van der Waals surface area (Å²) in [6, 6.07) is 23.1. The minimum absolute atomic E-state index is 0.111. The lowest BCUT2D eigenvalue weighted by molar-refractivity contribution is 0.575. The van der Waals surface area contributed by atoms with Gasteiger partial charge < -0.3 is 9.40 Å². The number of benzene rings is 2. The average molecular weight is 400 g/mol. The number of nitrogens with zero attached hydrogens (tertiary/aromatic N) is 3. The Labute approximate surface area is 170 Å². The number of rotatable bonds is 5. The Balaban J connectivity index is 1.55. The first-order chi connectivity index (χ1) is 14.3. The van der Waals surface area contributed by atoms with Gasteiger partial charge in [0, 0.05) is 28.4 Å². The molecule has 3 heterocycles. The van der Waals surface area contributed by atoms with E-state index >= 15 is 0 Å². The predicted octanol–water partition coefficient (Wildman–Crippen LogP) is 4.66. The third-order valence-electron chi connectivity index (χ3n) is 4.58. The van der Waals surface area contributed by atoms with E-state index in [1.807, 2.05) is 71.3 Å². The molecule has 7 heteroatoms. The largest absolute Gasteiger partial charge is 0.461 e. The molecule has 0 amide bonds. The number of aromatic amines is 1. The molecule has 0 radical (unpaired) electrons. The maximum Gasteiger partial charge on any atom is 0.248 e. The molecule has 0 unspecified atom stereocenters. The van der Waals surface area contributed by atoms with E-state index in [2.05, 4.69) is 15.2 Å². The van der Waals surface area contributed by atoms with Crippen molar-refractivity contribution in [3.05, 3.63) is 95.0 Å². The summed E-state index contributed by atoms with van der Waals surface area (Å²) in [4.78, 5) is 14.9. The van der Waals surface area contributed by atoms with Crippen molar-refractivity contribution in [3.63, 3.8) is 0 Å². The van der Waals surface area contributed by atoms with Gasteiger partial charge in [-0.3, -0.25) is 9.36 Å². The van der Waals surface area contributed by atoms with Crippen molar-refractivity contribution < 1.29 is 4.42 Å². The third-order valence-corrected chi connectivity index (χ3v) is 5.56. The number of hydrogen-bond donors (Lipinski definition) is 1. The Hall–Kier alpha value is -3.58. The molecule has 0 atom stereocenters. The first kappa shape index (κ1) is 17.5. The van der Waals surface area contributed by atoms with E-state index in [4.69, 9.17) is 4.42 Å². The van der Waals surface area contributed by atoms with E-state index in [0.717, 1.165) is 27.3 Å². The molecule has 0 saturated heterocycles. The van der Waals surface area contributed by atoms with E-state index in [-0.39, 0.29) is 5.56 Å². The molecule has 142 valence electrons. The van der Waals surface area contributed by atoms with Gasteiger partial charge in [-0.2, -0.15) is 0 Å². The zero-order chi connectivity index (χ0) is 19.6. The maximum atomic E-state index is 12.1. The van der Waals surface area contributed by atoms with Crippen LogP contribution in [0.5, 0.6) is 0 Å². The molecular weight excluding hydrogens is 384 g/mol. The number of furan rings is 1. The average Bonchev–Trinajstić information content (AvgIpc) is 3.42. The van der Waals surface area contributed by atoms with Crippen LogP contribution in [-0.4, -0.2) is 19.7 Å². The summed E-state index contributed by atoms with van der Waals surface area (Å²) in [6.07, 6.45) is 1.62. The second-order valence-electron chi connectivity index (χ2n) is 6.45. The smallest absolute Gasteiger partial charge is 0.248 e. The molecule has 5 aromatic rings. The van der Waals surface area contributed by atoms with E-state index < -0.39 is 0 Å². The van der Waals surface area contributed by atoms with Gasteiger partial charge in [-0.15, -0.1) is 10.2 Å². The minimum Gasteiger partial charge on any atom is -0.461 e. The molecule has 0 aliphatic carbocycles. The zero-order valence-electron chi connectivity index (χ0n) is 15.3. The number of thioether (sulfide) groups is 1. The van der Waals surface area contributed by atoms with Gasteiger partial charge in [0.25, 0.3) is 0 Å². The van der Waals surface area contributed by atoms with Gasteiger partial charge in [-0.25, -0.2) is 0 Å². The van der Waals surface area contributed by atoms with Crippen molar-refractivity contribution in [2.45, 2.75) is 10.9 Å². The van der Waals surface area contributed by atoms with Crippen molar-refractivity contribution >= 4 is 22.7 Å². The summed E-state index contributed by atoms with van der Waals surface area (Å²) in [7, 11) is 0. The molecule has 6 nitrogen and oxygen atoms in total. The quantitative estimate of drug-likeness (QED) is 0.434. The Kier molecular flexibility index (Phi) is 4.50. The van der Waals surface area contributed by atoms with Gasteiger partial charge in [-0.05, 0) is 35.9 Å². The fourth-order valence-electron chi connectivity index (χ4n) is 3.28. The molecule has 0 fully saturated rings. The third kappa shape index (κ3) is 3.36. The first-order valence-corrected chi connectivity index (χ1v) is 10.1. The SMILES string of the molecule is O=c1cc(CSc2nnc(-c3ccco3)n2-c2ccccc2)c2ccccc2[nH]1. The lowest BCUT2D eigenvalue weighted by atomic mass is 10.1. The van der Waals surface area contributed by atoms with Crippen LogP contribution in [0.15, 0.2) is 93.4 Å². The molecule has 0 bridgehead atoms. The van der Waals surface area contributed by atoms with Crippen LogP contribution in [0, 0.1) is 0 Å². The summed E-state index contributed by atoms with van der Waals surface area (Å²) in [5.74, 6) is 1.88. The second-order valence-corrected chi connectivity index (χ2v) is 7.39. The van der Waals surface area contributed by atoms with Crippen molar-refractivity contribution in [2.24, 2.45) is 0 Å². The number of pyridine rings is 1. The molecule has 3 aromatic heterocycles.